The first-order valence-electron chi connectivity index (χ1n) is 10.2. The van der Waals surface area contributed by atoms with Gasteiger partial charge in [0.1, 0.15) is 5.02 Å². The van der Waals surface area contributed by atoms with Gasteiger partial charge in [0.2, 0.25) is 5.91 Å². The average Bonchev–Trinajstić information content (AvgIpc) is 2.81. The molecule has 0 atom stereocenters. The number of benzene rings is 2. The predicted octanol–water partition coefficient (Wildman–Crippen LogP) is 2.32. The number of rotatable bonds is 6. The zero-order valence-corrected chi connectivity index (χ0v) is 17.8. The minimum Gasteiger partial charge on any atom is -0.366 e. The van der Waals surface area contributed by atoms with Crippen molar-refractivity contribution < 1.29 is 4.79 Å². The Hall–Kier alpha value is -3.16. The molecule has 3 aromatic rings. The van der Waals surface area contributed by atoms with E-state index in [2.05, 4.69) is 15.3 Å². The van der Waals surface area contributed by atoms with Crippen LogP contribution in [0.3, 0.4) is 0 Å². The Labute approximate surface area is 185 Å². The fourth-order valence-corrected chi connectivity index (χ4v) is 3.85. The Kier molecular flexibility index (Phi) is 6.64. The van der Waals surface area contributed by atoms with E-state index in [9.17, 15) is 9.59 Å². The Morgan fingerprint density at radius 1 is 0.968 bits per heavy atom. The lowest BCUT2D eigenvalue weighted by atomic mass is 10.2. The molecule has 0 saturated carbocycles. The number of hydrogen-bond donors (Lipinski definition) is 1. The molecular weight excluding hydrogens is 414 g/mol. The van der Waals surface area contributed by atoms with Crippen LogP contribution in [0.1, 0.15) is 5.56 Å². The molecule has 0 bridgehead atoms. The number of amides is 1. The molecule has 2 aromatic carbocycles. The van der Waals surface area contributed by atoms with E-state index < -0.39 is 0 Å². The number of piperazine rings is 1. The number of anilines is 1. The fourth-order valence-electron chi connectivity index (χ4n) is 3.60. The first-order valence-corrected chi connectivity index (χ1v) is 10.6. The number of carbonyl (C=O) groups is 1. The van der Waals surface area contributed by atoms with E-state index in [0.29, 0.717) is 50.6 Å². The van der Waals surface area contributed by atoms with Gasteiger partial charge >= 0.3 is 0 Å². The Morgan fingerprint density at radius 2 is 1.61 bits per heavy atom. The van der Waals surface area contributed by atoms with Crippen molar-refractivity contribution in [1.82, 2.24) is 20.0 Å². The molecule has 1 saturated heterocycles. The molecule has 4 rings (SSSR count). The van der Waals surface area contributed by atoms with Gasteiger partial charge in [-0.1, -0.05) is 60.1 Å². The summed E-state index contributed by atoms with van der Waals surface area (Å²) in [6.07, 6.45) is 1.64. The van der Waals surface area contributed by atoms with Gasteiger partial charge in [-0.2, -0.15) is 9.78 Å². The SMILES string of the molecule is O=C(CN1CCN(c2cnn(-c3ccccc3)c(=O)c2Cl)CC1)NCc1ccccc1. The van der Waals surface area contributed by atoms with Crippen molar-refractivity contribution in [2.75, 3.05) is 37.6 Å². The molecule has 160 valence electrons. The number of para-hydroxylation sites is 1. The summed E-state index contributed by atoms with van der Waals surface area (Å²) in [6.45, 7) is 3.62. The van der Waals surface area contributed by atoms with E-state index in [1.807, 2.05) is 65.6 Å². The van der Waals surface area contributed by atoms with Crippen LogP contribution in [-0.4, -0.2) is 53.3 Å². The van der Waals surface area contributed by atoms with E-state index in [1.165, 1.54) is 4.68 Å². The molecule has 1 aromatic heterocycles. The largest absolute Gasteiger partial charge is 0.366 e. The number of nitrogens with zero attached hydrogens (tertiary/aromatic N) is 4. The molecule has 1 aliphatic rings. The van der Waals surface area contributed by atoms with Crippen molar-refractivity contribution in [3.63, 3.8) is 0 Å². The van der Waals surface area contributed by atoms with Gasteiger partial charge in [-0.05, 0) is 17.7 Å². The van der Waals surface area contributed by atoms with Gasteiger partial charge in [-0.25, -0.2) is 0 Å². The summed E-state index contributed by atoms with van der Waals surface area (Å²) < 4.78 is 1.30. The fraction of sp³-hybridized carbons (Fsp3) is 0.261. The molecule has 0 radical (unpaired) electrons. The summed E-state index contributed by atoms with van der Waals surface area (Å²) in [4.78, 5) is 29.1. The van der Waals surface area contributed by atoms with Crippen LogP contribution < -0.4 is 15.8 Å². The lowest BCUT2D eigenvalue weighted by molar-refractivity contribution is -0.122. The summed E-state index contributed by atoms with van der Waals surface area (Å²) in [5, 5.41) is 7.42. The van der Waals surface area contributed by atoms with Crippen molar-refractivity contribution in [3.05, 3.63) is 87.8 Å². The van der Waals surface area contributed by atoms with E-state index >= 15 is 0 Å². The molecule has 1 aliphatic heterocycles. The summed E-state index contributed by atoms with van der Waals surface area (Å²) in [5.41, 5.74) is 2.04. The molecule has 7 nitrogen and oxygen atoms in total. The maximum Gasteiger partial charge on any atom is 0.292 e. The molecule has 8 heteroatoms. The lowest BCUT2D eigenvalue weighted by Gasteiger charge is -2.35. The van der Waals surface area contributed by atoms with Gasteiger partial charge in [0.15, 0.2) is 0 Å². The smallest absolute Gasteiger partial charge is 0.292 e. The Balaban J connectivity index is 1.33. The van der Waals surface area contributed by atoms with Gasteiger partial charge < -0.3 is 10.2 Å². The molecule has 0 spiro atoms. The van der Waals surface area contributed by atoms with E-state index in [4.69, 9.17) is 11.6 Å². The number of aromatic nitrogens is 2. The third-order valence-corrected chi connectivity index (χ3v) is 5.67. The monoisotopic (exact) mass is 437 g/mol. The molecule has 2 heterocycles. The van der Waals surface area contributed by atoms with Gasteiger partial charge in [-0.15, -0.1) is 0 Å². The van der Waals surface area contributed by atoms with Crippen molar-refractivity contribution in [1.29, 1.82) is 0 Å². The summed E-state index contributed by atoms with van der Waals surface area (Å²) >= 11 is 6.41. The first-order chi connectivity index (χ1) is 15.1. The Morgan fingerprint density at radius 3 is 2.29 bits per heavy atom. The second kappa shape index (κ2) is 9.76. The molecule has 0 unspecified atom stereocenters. The lowest BCUT2D eigenvalue weighted by Crippen LogP contribution is -2.49. The maximum absolute atomic E-state index is 12.7. The minimum absolute atomic E-state index is 0.00228. The molecular formula is C23H24ClN5O2. The molecule has 1 N–H and O–H groups in total. The van der Waals surface area contributed by atoms with Crippen LogP contribution in [0.5, 0.6) is 0 Å². The Bertz CT molecular complexity index is 1080. The number of hydrogen-bond acceptors (Lipinski definition) is 5. The van der Waals surface area contributed by atoms with Gasteiger partial charge in [0.25, 0.3) is 5.56 Å². The zero-order chi connectivity index (χ0) is 21.6. The highest BCUT2D eigenvalue weighted by Crippen LogP contribution is 2.23. The van der Waals surface area contributed by atoms with Gasteiger partial charge in [0, 0.05) is 32.7 Å². The van der Waals surface area contributed by atoms with Crippen LogP contribution in [0, 0.1) is 0 Å². The maximum atomic E-state index is 12.7. The zero-order valence-electron chi connectivity index (χ0n) is 17.1. The summed E-state index contributed by atoms with van der Waals surface area (Å²) in [5.74, 6) is 0.00228. The normalized spacial score (nSPS) is 14.4. The first kappa shape index (κ1) is 21.1. The van der Waals surface area contributed by atoms with Crippen molar-refractivity contribution >= 4 is 23.2 Å². The number of carbonyl (C=O) groups excluding carboxylic acids is 1. The highest BCUT2D eigenvalue weighted by molar-refractivity contribution is 6.33. The third-order valence-electron chi connectivity index (χ3n) is 5.31. The third kappa shape index (κ3) is 5.13. The molecule has 31 heavy (non-hydrogen) atoms. The van der Waals surface area contributed by atoms with E-state index in [0.717, 1.165) is 5.56 Å². The van der Waals surface area contributed by atoms with E-state index in [1.54, 1.807) is 6.20 Å². The molecule has 1 fully saturated rings. The van der Waals surface area contributed by atoms with Crippen LogP contribution in [0.2, 0.25) is 5.02 Å². The number of nitrogens with one attached hydrogen (secondary N) is 1. The van der Waals surface area contributed by atoms with Crippen molar-refractivity contribution in [2.24, 2.45) is 0 Å². The summed E-state index contributed by atoms with van der Waals surface area (Å²) in [6, 6.07) is 19.0. The minimum atomic E-state index is -0.340. The second-order valence-corrected chi connectivity index (χ2v) is 7.80. The summed E-state index contributed by atoms with van der Waals surface area (Å²) in [7, 11) is 0. The van der Waals surface area contributed by atoms with Gasteiger partial charge in [-0.3, -0.25) is 14.5 Å². The predicted molar refractivity (Wildman–Crippen MR) is 122 cm³/mol. The second-order valence-electron chi connectivity index (χ2n) is 7.42. The molecule has 1 amide bonds. The average molecular weight is 438 g/mol. The number of halogens is 1. The van der Waals surface area contributed by atoms with Crippen LogP contribution >= 0.6 is 11.6 Å². The van der Waals surface area contributed by atoms with Crippen molar-refractivity contribution in [2.45, 2.75) is 6.54 Å². The van der Waals surface area contributed by atoms with Crippen molar-refractivity contribution in [3.8, 4) is 5.69 Å². The quantitative estimate of drug-likeness (QED) is 0.641. The topological polar surface area (TPSA) is 70.5 Å². The highest BCUT2D eigenvalue weighted by Gasteiger charge is 2.22. The van der Waals surface area contributed by atoms with Crippen LogP contribution in [-0.2, 0) is 11.3 Å². The van der Waals surface area contributed by atoms with Crippen LogP contribution in [0.4, 0.5) is 5.69 Å². The molecule has 0 aliphatic carbocycles. The van der Waals surface area contributed by atoms with Crippen LogP contribution in [0.15, 0.2) is 71.7 Å². The highest BCUT2D eigenvalue weighted by atomic mass is 35.5. The standard InChI is InChI=1S/C23H24ClN5O2/c24-22-20(16-26-29(23(22)31)19-9-5-2-6-10-19)28-13-11-27(12-14-28)17-21(30)25-15-18-7-3-1-4-8-18/h1-10,16H,11-15,17H2,(H,25,30). The van der Waals surface area contributed by atoms with Crippen LogP contribution in [0.25, 0.3) is 5.69 Å². The van der Waals surface area contributed by atoms with E-state index in [-0.39, 0.29) is 16.5 Å². The van der Waals surface area contributed by atoms with Gasteiger partial charge in [0.05, 0.1) is 24.1 Å².